The lowest BCUT2D eigenvalue weighted by molar-refractivity contribution is 0.0490. The minimum atomic E-state index is -0.110. The van der Waals surface area contributed by atoms with Crippen LogP contribution in [0, 0.1) is 0 Å². The molecule has 2 rings (SSSR count). The van der Waals surface area contributed by atoms with Gasteiger partial charge in [-0.1, -0.05) is 29.8 Å². The average Bonchev–Trinajstić information content (AvgIpc) is 2.30. The molecule has 1 aromatic rings. The van der Waals surface area contributed by atoms with E-state index in [1.807, 2.05) is 18.2 Å². The van der Waals surface area contributed by atoms with E-state index in [0.29, 0.717) is 6.04 Å². The van der Waals surface area contributed by atoms with Gasteiger partial charge in [-0.15, -0.1) is 0 Å². The first kappa shape index (κ1) is 12.9. The molecule has 0 amide bonds. The van der Waals surface area contributed by atoms with Gasteiger partial charge in [0.05, 0.1) is 6.10 Å². The fraction of sp³-hybridized carbons (Fsp3) is 0.571. The number of benzene rings is 1. The Morgan fingerprint density at radius 3 is 2.88 bits per heavy atom. The normalized spacial score (nSPS) is 26.1. The van der Waals surface area contributed by atoms with E-state index < -0.39 is 0 Å². The Bertz CT molecular complexity index is 369. The fourth-order valence-corrected chi connectivity index (χ4v) is 2.72. The Kier molecular flexibility index (Phi) is 4.43. The van der Waals surface area contributed by atoms with Crippen molar-refractivity contribution < 1.29 is 5.11 Å². The van der Waals surface area contributed by atoms with Gasteiger partial charge < -0.3 is 10.0 Å². The zero-order valence-electron chi connectivity index (χ0n) is 10.3. The summed E-state index contributed by atoms with van der Waals surface area (Å²) in [5.74, 6) is 0. The smallest absolute Gasteiger partial charge is 0.0567 e. The third kappa shape index (κ3) is 3.44. The van der Waals surface area contributed by atoms with Crippen molar-refractivity contribution in [2.75, 3.05) is 13.1 Å². The summed E-state index contributed by atoms with van der Waals surface area (Å²) < 4.78 is 0. The maximum absolute atomic E-state index is 9.58. The lowest BCUT2D eigenvalue weighted by Crippen LogP contribution is -2.43. The monoisotopic (exact) mass is 253 g/mol. The Labute approximate surface area is 108 Å². The molecule has 2 unspecified atom stereocenters. The predicted molar refractivity (Wildman–Crippen MR) is 71.4 cm³/mol. The molecular formula is C14H20ClNO. The van der Waals surface area contributed by atoms with Gasteiger partial charge in [0.25, 0.3) is 0 Å². The number of nitrogens with zero attached hydrogens (tertiary/aromatic N) is 1. The lowest BCUT2D eigenvalue weighted by atomic mass is 10.00. The molecule has 1 heterocycles. The summed E-state index contributed by atoms with van der Waals surface area (Å²) >= 11 is 6.14. The second-order valence-corrected chi connectivity index (χ2v) is 5.31. The van der Waals surface area contributed by atoms with Crippen LogP contribution in [-0.2, 0) is 6.42 Å². The van der Waals surface area contributed by atoms with Crippen LogP contribution in [0.2, 0.25) is 5.02 Å². The number of hydrogen-bond acceptors (Lipinski definition) is 2. The van der Waals surface area contributed by atoms with Crippen molar-refractivity contribution in [2.24, 2.45) is 0 Å². The maximum Gasteiger partial charge on any atom is 0.0567 e. The van der Waals surface area contributed by atoms with Gasteiger partial charge >= 0.3 is 0 Å². The highest BCUT2D eigenvalue weighted by Crippen LogP contribution is 2.20. The number of likely N-dealkylation sites (tertiary alicyclic amines) is 1. The van der Waals surface area contributed by atoms with E-state index in [1.54, 1.807) is 0 Å². The molecule has 0 aromatic heterocycles. The van der Waals surface area contributed by atoms with Crippen molar-refractivity contribution in [2.45, 2.75) is 38.3 Å². The standard InChI is InChI=1S/C14H20ClNO/c1-11-10-13(17)7-9-16(11)8-6-12-4-2-3-5-14(12)15/h2-5,11,13,17H,6-10H2,1H3. The lowest BCUT2D eigenvalue weighted by Gasteiger charge is -2.35. The first-order valence-corrected chi connectivity index (χ1v) is 6.70. The summed E-state index contributed by atoms with van der Waals surface area (Å²) in [6, 6.07) is 8.50. The highest BCUT2D eigenvalue weighted by Gasteiger charge is 2.23. The second-order valence-electron chi connectivity index (χ2n) is 4.90. The van der Waals surface area contributed by atoms with Crippen LogP contribution in [0.5, 0.6) is 0 Å². The van der Waals surface area contributed by atoms with Crippen LogP contribution in [0.3, 0.4) is 0 Å². The van der Waals surface area contributed by atoms with Gasteiger partial charge in [0, 0.05) is 24.2 Å². The molecule has 1 aliphatic heterocycles. The fourth-order valence-electron chi connectivity index (χ4n) is 2.49. The number of piperidine rings is 1. The molecule has 1 N–H and O–H groups in total. The van der Waals surface area contributed by atoms with E-state index in [1.165, 1.54) is 5.56 Å². The molecule has 2 nitrogen and oxygen atoms in total. The third-order valence-corrected chi connectivity index (χ3v) is 3.98. The minimum absolute atomic E-state index is 0.110. The Hall–Kier alpha value is -0.570. The molecule has 2 atom stereocenters. The van der Waals surface area contributed by atoms with Crippen LogP contribution in [0.15, 0.2) is 24.3 Å². The molecule has 0 radical (unpaired) electrons. The number of aliphatic hydroxyl groups excluding tert-OH is 1. The minimum Gasteiger partial charge on any atom is -0.393 e. The summed E-state index contributed by atoms with van der Waals surface area (Å²) in [5, 5.41) is 10.4. The number of aliphatic hydroxyl groups is 1. The molecule has 0 aliphatic carbocycles. The molecular weight excluding hydrogens is 234 g/mol. The maximum atomic E-state index is 9.58. The van der Waals surface area contributed by atoms with Gasteiger partial charge in [0.15, 0.2) is 0 Å². The van der Waals surface area contributed by atoms with E-state index in [4.69, 9.17) is 11.6 Å². The molecule has 1 saturated heterocycles. The molecule has 1 aliphatic rings. The van der Waals surface area contributed by atoms with Gasteiger partial charge in [0.1, 0.15) is 0 Å². The predicted octanol–water partition coefficient (Wildman–Crippen LogP) is 2.73. The Balaban J connectivity index is 1.88. The van der Waals surface area contributed by atoms with E-state index >= 15 is 0 Å². The van der Waals surface area contributed by atoms with E-state index in [2.05, 4.69) is 17.9 Å². The van der Waals surface area contributed by atoms with Crippen LogP contribution in [0.4, 0.5) is 0 Å². The van der Waals surface area contributed by atoms with Crippen LogP contribution < -0.4 is 0 Å². The third-order valence-electron chi connectivity index (χ3n) is 3.61. The van der Waals surface area contributed by atoms with E-state index in [0.717, 1.165) is 37.4 Å². The van der Waals surface area contributed by atoms with Crippen molar-refractivity contribution in [3.05, 3.63) is 34.9 Å². The van der Waals surface area contributed by atoms with Crippen LogP contribution in [-0.4, -0.2) is 35.2 Å². The van der Waals surface area contributed by atoms with Crippen molar-refractivity contribution in [1.29, 1.82) is 0 Å². The largest absolute Gasteiger partial charge is 0.393 e. The highest BCUT2D eigenvalue weighted by atomic mass is 35.5. The zero-order valence-corrected chi connectivity index (χ0v) is 11.0. The van der Waals surface area contributed by atoms with Gasteiger partial charge in [-0.2, -0.15) is 0 Å². The number of halogens is 1. The second kappa shape index (κ2) is 5.85. The molecule has 3 heteroatoms. The van der Waals surface area contributed by atoms with E-state index in [9.17, 15) is 5.11 Å². The first-order valence-electron chi connectivity index (χ1n) is 6.32. The van der Waals surface area contributed by atoms with Gasteiger partial charge in [-0.05, 0) is 37.8 Å². The van der Waals surface area contributed by atoms with Crippen LogP contribution in [0.1, 0.15) is 25.3 Å². The van der Waals surface area contributed by atoms with Crippen molar-refractivity contribution in [3.8, 4) is 0 Å². The molecule has 1 aromatic carbocycles. The number of rotatable bonds is 3. The Morgan fingerprint density at radius 1 is 1.41 bits per heavy atom. The first-order chi connectivity index (χ1) is 8.16. The summed E-state index contributed by atoms with van der Waals surface area (Å²) in [6.45, 7) is 4.21. The summed E-state index contributed by atoms with van der Waals surface area (Å²) in [7, 11) is 0. The van der Waals surface area contributed by atoms with Gasteiger partial charge in [-0.3, -0.25) is 0 Å². The van der Waals surface area contributed by atoms with Crippen molar-refractivity contribution in [1.82, 2.24) is 4.90 Å². The van der Waals surface area contributed by atoms with Crippen molar-refractivity contribution in [3.63, 3.8) is 0 Å². The van der Waals surface area contributed by atoms with Crippen LogP contribution >= 0.6 is 11.6 Å². The molecule has 1 fully saturated rings. The quantitative estimate of drug-likeness (QED) is 0.896. The molecule has 0 bridgehead atoms. The molecule has 0 spiro atoms. The highest BCUT2D eigenvalue weighted by molar-refractivity contribution is 6.31. The molecule has 94 valence electrons. The van der Waals surface area contributed by atoms with Crippen molar-refractivity contribution >= 4 is 11.6 Å². The summed E-state index contributed by atoms with van der Waals surface area (Å²) in [4.78, 5) is 2.44. The van der Waals surface area contributed by atoms with Gasteiger partial charge in [-0.25, -0.2) is 0 Å². The molecule has 0 saturated carbocycles. The molecule has 17 heavy (non-hydrogen) atoms. The van der Waals surface area contributed by atoms with E-state index in [-0.39, 0.29) is 6.10 Å². The van der Waals surface area contributed by atoms with Crippen LogP contribution in [0.25, 0.3) is 0 Å². The summed E-state index contributed by atoms with van der Waals surface area (Å²) in [5.41, 5.74) is 1.22. The average molecular weight is 254 g/mol. The number of hydrogen-bond donors (Lipinski definition) is 1. The Morgan fingerprint density at radius 2 is 2.18 bits per heavy atom. The summed E-state index contributed by atoms with van der Waals surface area (Å²) in [6.07, 6.45) is 2.66. The SMILES string of the molecule is CC1CC(O)CCN1CCc1ccccc1Cl. The van der Waals surface area contributed by atoms with Gasteiger partial charge in [0.2, 0.25) is 0 Å². The topological polar surface area (TPSA) is 23.5 Å². The zero-order chi connectivity index (χ0) is 12.3.